The van der Waals surface area contributed by atoms with Crippen molar-refractivity contribution in [3.05, 3.63) is 0 Å². The smallest absolute Gasteiger partial charge is 0.222 e. The van der Waals surface area contributed by atoms with Gasteiger partial charge in [-0.1, -0.05) is 368 Å². The molecule has 2 amide bonds. The summed E-state index contributed by atoms with van der Waals surface area (Å²) >= 11 is 0. The summed E-state index contributed by atoms with van der Waals surface area (Å²) in [5, 5.41) is 29.2. The standard InChI is InChI=1S/C78H140N2O4.5C6H12.4H3P/c1-5-7-9-11-13-15-17-19-24-28-71(81)54-77(83)79-75-53-70(31-30-57(75)3)74-56-73(58(4)52-76(74)80-78(84)55-72(82)29-25-20-18-16-14-12-10-8-6-2)69-50-48-68(49-51-69)67-46-44-66(45-47-67)65-42-40-64(41-43-65)63-38-36-62(37-39-63)61-34-32-60(33-35-61)59-26-22-21-23-27-59;5*1-2-4-6-5-3-1;;;;/h57-76,81-82H,5-56H2,1-4H3,(H,79,83)(H,80,84);5*1-6H2;4*1H3/t57?,58?,60?,61?,62?,63?,64?,65?,66?,67?,68?,69?,70?,71-,72-,73?,74?,75?,76?;;;;;;;;;/m0........./s1. The van der Waals surface area contributed by atoms with Gasteiger partial charge in [0.1, 0.15) is 0 Å². The molecular weight excluding hydrogens is 1510 g/mol. The van der Waals surface area contributed by atoms with E-state index in [1.807, 2.05) is 0 Å². The number of carbonyl (C=O) groups is 2. The highest BCUT2D eigenvalue weighted by atomic mass is 31.0. The molecule has 0 saturated heterocycles. The summed E-state index contributed by atoms with van der Waals surface area (Å²) < 4.78 is 0. The molecule has 11 unspecified atom stereocenters. The van der Waals surface area contributed by atoms with E-state index in [-0.39, 0.29) is 76.3 Å². The van der Waals surface area contributed by atoms with Gasteiger partial charge in [0, 0.05) is 12.1 Å². The molecule has 0 heterocycles. The maximum atomic E-state index is 13.9. The molecule has 13 atom stereocenters. The molecule has 13 aliphatic carbocycles. The average Bonchev–Trinajstić information content (AvgIpc) is 0.779. The SMILES string of the molecule is C1CCCCC1.C1CCCCC1.C1CCCCC1.C1CCCCC1.C1CCCCC1.CCCCCCCCCCC[C@H](O)CC(=O)NC1CC(C2CC(C3CCC(C4CCC(C5CCC(C6CCC(C7CCC(C8CCCCC8)CC7)CC6)CC5)CC4)CC3)C(C)CC2NC(=O)C[C@@H](O)CCCCCCCCCCC)CCC1C.P.P.P.P. The van der Waals surface area contributed by atoms with Crippen LogP contribution in [-0.4, -0.2) is 46.3 Å². The summed E-state index contributed by atoms with van der Waals surface area (Å²) in [6, 6.07) is 0.242. The maximum absolute atomic E-state index is 13.9. The zero-order chi connectivity index (χ0) is 80.1. The second kappa shape index (κ2) is 70.5. The number of amides is 2. The van der Waals surface area contributed by atoms with Crippen molar-refractivity contribution in [2.24, 2.45) is 94.7 Å². The van der Waals surface area contributed by atoms with Crippen molar-refractivity contribution >= 4 is 51.4 Å². The zero-order valence-corrected chi connectivity index (χ0v) is 85.7. The average molecular weight is 1730 g/mol. The Morgan fingerprint density at radius 1 is 0.237 bits per heavy atom. The van der Waals surface area contributed by atoms with Gasteiger partial charge < -0.3 is 20.8 Å². The van der Waals surface area contributed by atoms with E-state index in [0.29, 0.717) is 36.0 Å². The highest BCUT2D eigenvalue weighted by molar-refractivity contribution is 6.92. The van der Waals surface area contributed by atoms with Crippen molar-refractivity contribution in [3.63, 3.8) is 0 Å². The van der Waals surface area contributed by atoms with E-state index in [1.165, 1.54) is 360 Å². The summed E-state index contributed by atoms with van der Waals surface area (Å²) in [7, 11) is 0. The monoisotopic (exact) mass is 1730 g/mol. The number of aliphatic hydroxyl groups is 2. The molecule has 10 heteroatoms. The van der Waals surface area contributed by atoms with E-state index in [9.17, 15) is 19.8 Å². The fourth-order valence-electron chi connectivity index (χ4n) is 26.6. The summed E-state index contributed by atoms with van der Waals surface area (Å²) in [6.07, 6.45) is 112. The molecule has 13 fully saturated rings. The lowest BCUT2D eigenvalue weighted by Crippen LogP contribution is -2.53. The van der Waals surface area contributed by atoms with Gasteiger partial charge >= 0.3 is 0 Å². The van der Waals surface area contributed by atoms with Crippen molar-refractivity contribution in [2.75, 3.05) is 0 Å². The predicted octanol–water partition coefficient (Wildman–Crippen LogP) is 32.9. The minimum absolute atomic E-state index is 0. The Morgan fingerprint density at radius 2 is 0.458 bits per heavy atom. The van der Waals surface area contributed by atoms with E-state index < -0.39 is 12.2 Å². The molecule has 13 rings (SSSR count). The van der Waals surface area contributed by atoms with Gasteiger partial charge in [-0.25, -0.2) is 0 Å². The minimum atomic E-state index is -0.567. The lowest BCUT2D eigenvalue weighted by atomic mass is 9.58. The molecule has 118 heavy (non-hydrogen) atoms. The van der Waals surface area contributed by atoms with E-state index in [2.05, 4.69) is 38.3 Å². The molecule has 13 saturated carbocycles. The quantitative estimate of drug-likeness (QED) is 0.0389. The van der Waals surface area contributed by atoms with E-state index in [1.54, 1.807) is 89.9 Å². The van der Waals surface area contributed by atoms with Crippen LogP contribution in [0.1, 0.15) is 554 Å². The Kier molecular flexibility index (Phi) is 66.2. The fourth-order valence-corrected chi connectivity index (χ4v) is 26.6. The van der Waals surface area contributed by atoms with Gasteiger partial charge in [-0.15, -0.1) is 0 Å². The van der Waals surface area contributed by atoms with E-state index >= 15 is 0 Å². The van der Waals surface area contributed by atoms with Crippen LogP contribution in [0.2, 0.25) is 0 Å². The first-order valence-electron chi connectivity index (χ1n) is 54.0. The van der Waals surface area contributed by atoms with Crippen LogP contribution in [0, 0.1) is 94.7 Å². The largest absolute Gasteiger partial charge is 0.393 e. The minimum Gasteiger partial charge on any atom is -0.393 e. The summed E-state index contributed by atoms with van der Waals surface area (Å²) in [5.74, 6) is 13.7. The van der Waals surface area contributed by atoms with Gasteiger partial charge in [-0.05, 0) is 268 Å². The van der Waals surface area contributed by atoms with Crippen LogP contribution < -0.4 is 10.6 Å². The number of unbranched alkanes of at least 4 members (excludes halogenated alkanes) is 16. The molecule has 13 aliphatic rings. The first kappa shape index (κ1) is 111. The molecule has 0 radical (unpaired) electrons. The van der Waals surface area contributed by atoms with Gasteiger partial charge in [0.15, 0.2) is 0 Å². The van der Waals surface area contributed by atoms with Crippen molar-refractivity contribution in [1.82, 2.24) is 10.6 Å². The highest BCUT2D eigenvalue weighted by Gasteiger charge is 2.47. The van der Waals surface area contributed by atoms with Crippen LogP contribution in [0.4, 0.5) is 0 Å². The van der Waals surface area contributed by atoms with Crippen molar-refractivity contribution in [1.29, 1.82) is 0 Å². The molecule has 0 spiro atoms. The lowest BCUT2D eigenvalue weighted by Gasteiger charge is -2.50. The van der Waals surface area contributed by atoms with Gasteiger partial charge in [-0.2, -0.15) is 39.6 Å². The molecule has 0 aromatic rings. The van der Waals surface area contributed by atoms with Gasteiger partial charge in [0.2, 0.25) is 11.8 Å². The van der Waals surface area contributed by atoms with Gasteiger partial charge in [-0.3, -0.25) is 9.59 Å². The third-order valence-corrected chi connectivity index (χ3v) is 34.2. The van der Waals surface area contributed by atoms with Crippen molar-refractivity contribution in [3.8, 4) is 0 Å². The number of carbonyl (C=O) groups excluding carboxylic acids is 2. The first-order chi connectivity index (χ1) is 56.0. The Balaban J connectivity index is 0.000000713. The normalized spacial score (nSPS) is 32.0. The van der Waals surface area contributed by atoms with Gasteiger partial charge in [0.25, 0.3) is 0 Å². The Morgan fingerprint density at radius 3 is 0.729 bits per heavy atom. The Bertz CT molecular complexity index is 2140. The van der Waals surface area contributed by atoms with E-state index in [0.717, 1.165) is 123 Å². The number of nitrogens with one attached hydrogen (secondary N) is 2. The van der Waals surface area contributed by atoms with Crippen LogP contribution in [0.15, 0.2) is 0 Å². The molecule has 0 aromatic carbocycles. The van der Waals surface area contributed by atoms with Gasteiger partial charge in [0.05, 0.1) is 25.0 Å². The number of rotatable bonds is 33. The molecular formula is C108H212N2O4P4. The fraction of sp³-hybridized carbons (Fsp3) is 0.981. The number of aliphatic hydroxyl groups excluding tert-OH is 2. The lowest BCUT2D eigenvalue weighted by molar-refractivity contribution is -0.125. The summed E-state index contributed by atoms with van der Waals surface area (Å²) in [5.41, 5.74) is 0. The topological polar surface area (TPSA) is 98.7 Å². The van der Waals surface area contributed by atoms with Crippen LogP contribution in [0.5, 0.6) is 0 Å². The molecule has 6 nitrogen and oxygen atoms in total. The Labute approximate surface area is 750 Å². The molecule has 0 aliphatic heterocycles. The second-order valence-corrected chi connectivity index (χ2v) is 43.0. The number of hydrogen-bond donors (Lipinski definition) is 4. The molecule has 0 bridgehead atoms. The second-order valence-electron chi connectivity index (χ2n) is 43.0. The summed E-state index contributed by atoms with van der Waals surface area (Å²) in [4.78, 5) is 27.6. The maximum Gasteiger partial charge on any atom is 0.222 e. The highest BCUT2D eigenvalue weighted by Crippen LogP contribution is 2.54. The zero-order valence-electron chi connectivity index (χ0n) is 80.1. The van der Waals surface area contributed by atoms with E-state index in [4.69, 9.17) is 0 Å². The van der Waals surface area contributed by atoms with Crippen LogP contribution >= 0.6 is 39.6 Å². The third-order valence-electron chi connectivity index (χ3n) is 34.2. The Hall–Kier alpha value is 0.580. The molecule has 4 N–H and O–H groups in total. The number of hydrogen-bond acceptors (Lipinski definition) is 4. The van der Waals surface area contributed by atoms with Crippen LogP contribution in [-0.2, 0) is 9.59 Å². The third kappa shape index (κ3) is 46.2. The summed E-state index contributed by atoms with van der Waals surface area (Å²) in [6.45, 7) is 9.38. The van der Waals surface area contributed by atoms with Crippen molar-refractivity contribution < 1.29 is 19.8 Å². The van der Waals surface area contributed by atoms with Crippen molar-refractivity contribution in [2.45, 2.75) is 578 Å². The van der Waals surface area contributed by atoms with Crippen LogP contribution in [0.3, 0.4) is 0 Å². The molecule has 0 aromatic heterocycles. The first-order valence-corrected chi connectivity index (χ1v) is 54.0. The van der Waals surface area contributed by atoms with Crippen LogP contribution in [0.25, 0.3) is 0 Å². The molecule has 698 valence electrons. The predicted molar refractivity (Wildman–Crippen MR) is 537 cm³/mol.